The standard InChI is InChI=1S/C19H22N2OS/c1-2-5-16(6-3-1)11-21-14-19(15-21)9-18(13-23-19)22-12-17-7-4-8-20-10-17/h1-8,10,18H,9,11-15H2. The highest BCUT2D eigenvalue weighted by Gasteiger charge is 2.49. The van der Waals surface area contributed by atoms with Gasteiger partial charge in [-0.15, -0.1) is 11.8 Å². The first-order valence-electron chi connectivity index (χ1n) is 8.22. The molecule has 2 aromatic rings. The molecule has 3 nitrogen and oxygen atoms in total. The molecule has 120 valence electrons. The van der Waals surface area contributed by atoms with E-state index in [-0.39, 0.29) is 0 Å². The van der Waals surface area contributed by atoms with Gasteiger partial charge in [-0.1, -0.05) is 36.4 Å². The largest absolute Gasteiger partial charge is 0.373 e. The van der Waals surface area contributed by atoms with Gasteiger partial charge in [0.15, 0.2) is 0 Å². The Bertz CT molecular complexity index is 628. The molecule has 2 aliphatic heterocycles. The van der Waals surface area contributed by atoms with Crippen LogP contribution in [0, 0.1) is 0 Å². The van der Waals surface area contributed by atoms with Crippen molar-refractivity contribution in [2.45, 2.75) is 30.4 Å². The summed E-state index contributed by atoms with van der Waals surface area (Å²) in [6, 6.07) is 14.8. The number of hydrogen-bond acceptors (Lipinski definition) is 4. The molecule has 2 saturated heterocycles. The van der Waals surface area contributed by atoms with Crippen molar-refractivity contribution in [2.24, 2.45) is 0 Å². The lowest BCUT2D eigenvalue weighted by molar-refractivity contribution is 0.0263. The lowest BCUT2D eigenvalue weighted by Gasteiger charge is -2.47. The van der Waals surface area contributed by atoms with E-state index in [1.54, 1.807) is 6.20 Å². The minimum Gasteiger partial charge on any atom is -0.373 e. The molecular formula is C19H22N2OS. The zero-order chi connectivity index (χ0) is 15.5. The summed E-state index contributed by atoms with van der Waals surface area (Å²) in [5.41, 5.74) is 2.58. The van der Waals surface area contributed by atoms with E-state index in [9.17, 15) is 0 Å². The van der Waals surface area contributed by atoms with Gasteiger partial charge in [-0.05, 0) is 23.6 Å². The molecule has 3 heterocycles. The van der Waals surface area contributed by atoms with Crippen molar-refractivity contribution in [3.05, 3.63) is 66.0 Å². The van der Waals surface area contributed by atoms with E-state index in [2.05, 4.69) is 58.0 Å². The SMILES string of the molecule is c1ccc(CN2CC3(CC(OCc4cccnc4)CS3)C2)cc1. The minimum absolute atomic E-state index is 0.388. The Hall–Kier alpha value is -1.36. The highest BCUT2D eigenvalue weighted by molar-refractivity contribution is 8.01. The van der Waals surface area contributed by atoms with Crippen molar-refractivity contribution in [3.8, 4) is 0 Å². The second-order valence-corrected chi connectivity index (χ2v) is 8.11. The number of aromatic nitrogens is 1. The molecule has 0 N–H and O–H groups in total. The number of likely N-dealkylation sites (tertiary alicyclic amines) is 1. The monoisotopic (exact) mass is 326 g/mol. The van der Waals surface area contributed by atoms with Gasteiger partial charge >= 0.3 is 0 Å². The van der Waals surface area contributed by atoms with Crippen molar-refractivity contribution < 1.29 is 4.74 Å². The van der Waals surface area contributed by atoms with Gasteiger partial charge in [0.25, 0.3) is 0 Å². The van der Waals surface area contributed by atoms with E-state index in [1.807, 2.05) is 12.3 Å². The second-order valence-electron chi connectivity index (χ2n) is 6.62. The van der Waals surface area contributed by atoms with Crippen LogP contribution in [0.5, 0.6) is 0 Å². The molecule has 4 heteroatoms. The number of pyridine rings is 1. The van der Waals surface area contributed by atoms with Crippen molar-refractivity contribution in [1.82, 2.24) is 9.88 Å². The van der Waals surface area contributed by atoms with Crippen molar-refractivity contribution >= 4 is 11.8 Å². The summed E-state index contributed by atoms with van der Waals surface area (Å²) in [5, 5.41) is 0. The summed E-state index contributed by atoms with van der Waals surface area (Å²) in [5.74, 6) is 1.12. The average Bonchev–Trinajstić information content (AvgIpc) is 2.99. The van der Waals surface area contributed by atoms with Crippen LogP contribution < -0.4 is 0 Å². The molecule has 0 radical (unpaired) electrons. The molecule has 2 fully saturated rings. The van der Waals surface area contributed by atoms with Crippen molar-refractivity contribution in [2.75, 3.05) is 18.8 Å². The van der Waals surface area contributed by atoms with E-state index >= 15 is 0 Å². The molecule has 4 rings (SSSR count). The number of thioether (sulfide) groups is 1. The number of ether oxygens (including phenoxy) is 1. The van der Waals surface area contributed by atoms with E-state index < -0.39 is 0 Å². The van der Waals surface area contributed by atoms with Crippen LogP contribution >= 0.6 is 11.8 Å². The third-order valence-corrected chi connectivity index (χ3v) is 6.23. The Balaban J connectivity index is 1.24. The van der Waals surface area contributed by atoms with E-state index in [0.717, 1.165) is 17.9 Å². The molecule has 0 amide bonds. The Kier molecular flexibility index (Phi) is 4.38. The maximum absolute atomic E-state index is 6.09. The van der Waals surface area contributed by atoms with Gasteiger partial charge in [0.1, 0.15) is 0 Å². The maximum Gasteiger partial charge on any atom is 0.0736 e. The Labute approximate surface area is 142 Å². The van der Waals surface area contributed by atoms with Gasteiger partial charge in [0.2, 0.25) is 0 Å². The zero-order valence-corrected chi connectivity index (χ0v) is 14.0. The molecule has 1 unspecified atom stereocenters. The average molecular weight is 326 g/mol. The van der Waals surface area contributed by atoms with Crippen molar-refractivity contribution in [1.29, 1.82) is 0 Å². The Morgan fingerprint density at radius 3 is 2.74 bits per heavy atom. The number of nitrogens with zero attached hydrogens (tertiary/aromatic N) is 2. The predicted molar refractivity (Wildman–Crippen MR) is 94.3 cm³/mol. The summed E-state index contributed by atoms with van der Waals surface area (Å²) in [6.45, 7) is 4.14. The topological polar surface area (TPSA) is 25.4 Å². The van der Waals surface area contributed by atoms with E-state index in [1.165, 1.54) is 25.1 Å². The smallest absolute Gasteiger partial charge is 0.0736 e. The fourth-order valence-corrected chi connectivity index (χ4v) is 5.15. The van der Waals surface area contributed by atoms with Crippen LogP contribution in [0.15, 0.2) is 54.9 Å². The highest BCUT2D eigenvalue weighted by atomic mass is 32.2. The molecule has 0 aliphatic carbocycles. The molecule has 2 aliphatic rings. The van der Waals surface area contributed by atoms with Gasteiger partial charge in [0, 0.05) is 42.5 Å². The van der Waals surface area contributed by atoms with Gasteiger partial charge in [0.05, 0.1) is 12.7 Å². The summed E-state index contributed by atoms with van der Waals surface area (Å²) < 4.78 is 6.53. The lowest BCUT2D eigenvalue weighted by atomic mass is 9.92. The number of benzene rings is 1. The van der Waals surface area contributed by atoms with Crippen LogP contribution in [0.25, 0.3) is 0 Å². The predicted octanol–water partition coefficient (Wildman–Crippen LogP) is 3.36. The third-order valence-electron chi connectivity index (χ3n) is 4.66. The zero-order valence-electron chi connectivity index (χ0n) is 13.2. The first-order valence-corrected chi connectivity index (χ1v) is 9.21. The van der Waals surface area contributed by atoms with Gasteiger partial charge in [-0.2, -0.15) is 0 Å². The molecule has 1 atom stereocenters. The summed E-state index contributed by atoms with van der Waals surface area (Å²) in [6.07, 6.45) is 5.27. The molecule has 23 heavy (non-hydrogen) atoms. The maximum atomic E-state index is 6.09. The van der Waals surface area contributed by atoms with Crippen LogP contribution in [0.3, 0.4) is 0 Å². The third kappa shape index (κ3) is 3.60. The highest BCUT2D eigenvalue weighted by Crippen LogP contribution is 2.46. The summed E-state index contributed by atoms with van der Waals surface area (Å²) in [4.78, 5) is 6.69. The van der Waals surface area contributed by atoms with Crippen LogP contribution in [0.4, 0.5) is 0 Å². The minimum atomic E-state index is 0.388. The van der Waals surface area contributed by atoms with E-state index in [0.29, 0.717) is 17.5 Å². The second kappa shape index (κ2) is 6.63. The lowest BCUT2D eigenvalue weighted by Crippen LogP contribution is -2.58. The first kappa shape index (κ1) is 15.2. The fraction of sp³-hybridized carbons (Fsp3) is 0.421. The number of hydrogen-bond donors (Lipinski definition) is 0. The quantitative estimate of drug-likeness (QED) is 0.841. The first-order chi connectivity index (χ1) is 11.3. The summed E-state index contributed by atoms with van der Waals surface area (Å²) in [7, 11) is 0. The number of rotatable bonds is 5. The normalized spacial score (nSPS) is 23.0. The molecule has 1 spiro atoms. The molecule has 1 aromatic carbocycles. The van der Waals surface area contributed by atoms with Gasteiger partial charge in [-0.25, -0.2) is 0 Å². The molecular weight excluding hydrogens is 304 g/mol. The fourth-order valence-electron chi connectivity index (χ4n) is 3.55. The summed E-state index contributed by atoms with van der Waals surface area (Å²) >= 11 is 2.11. The van der Waals surface area contributed by atoms with Gasteiger partial charge < -0.3 is 4.74 Å². The van der Waals surface area contributed by atoms with Gasteiger partial charge in [-0.3, -0.25) is 9.88 Å². The molecule has 0 saturated carbocycles. The van der Waals surface area contributed by atoms with E-state index in [4.69, 9.17) is 4.74 Å². The van der Waals surface area contributed by atoms with Crippen LogP contribution in [0.2, 0.25) is 0 Å². The Morgan fingerprint density at radius 1 is 1.13 bits per heavy atom. The molecule has 1 aromatic heterocycles. The van der Waals surface area contributed by atoms with Crippen LogP contribution in [0.1, 0.15) is 17.5 Å². The van der Waals surface area contributed by atoms with Crippen molar-refractivity contribution in [3.63, 3.8) is 0 Å². The van der Waals surface area contributed by atoms with Crippen LogP contribution in [-0.2, 0) is 17.9 Å². The van der Waals surface area contributed by atoms with Crippen LogP contribution in [-0.4, -0.2) is 39.6 Å². The Morgan fingerprint density at radius 2 is 1.96 bits per heavy atom. The molecule has 0 bridgehead atoms.